The third kappa shape index (κ3) is 3.47. The third-order valence-corrected chi connectivity index (χ3v) is 6.29. The summed E-state index contributed by atoms with van der Waals surface area (Å²) in [4.78, 5) is 18.0. The molecule has 1 unspecified atom stereocenters. The molecule has 0 saturated carbocycles. The van der Waals surface area contributed by atoms with Gasteiger partial charge >= 0.3 is 0 Å². The summed E-state index contributed by atoms with van der Waals surface area (Å²) in [7, 11) is 1.59. The van der Waals surface area contributed by atoms with Gasteiger partial charge in [-0.15, -0.1) is 21.5 Å². The zero-order chi connectivity index (χ0) is 22.2. The van der Waals surface area contributed by atoms with Crippen LogP contribution in [0.2, 0.25) is 0 Å². The number of thiol groups is 1. The lowest BCUT2D eigenvalue weighted by Crippen LogP contribution is -2.18. The van der Waals surface area contributed by atoms with Crippen molar-refractivity contribution >= 4 is 29.6 Å². The molecule has 7 nitrogen and oxygen atoms in total. The predicted octanol–water partition coefficient (Wildman–Crippen LogP) is 4.17. The highest BCUT2D eigenvalue weighted by molar-refractivity contribution is 7.80. The van der Waals surface area contributed by atoms with E-state index in [1.54, 1.807) is 7.11 Å². The van der Waals surface area contributed by atoms with Crippen molar-refractivity contribution in [2.75, 3.05) is 7.11 Å². The van der Waals surface area contributed by atoms with E-state index in [0.29, 0.717) is 28.7 Å². The summed E-state index contributed by atoms with van der Waals surface area (Å²) in [6.45, 7) is 0. The maximum Gasteiger partial charge on any atom is 0.258 e. The fourth-order valence-electron chi connectivity index (χ4n) is 3.46. The smallest absolute Gasteiger partial charge is 0.258 e. The highest BCUT2D eigenvalue weighted by Gasteiger charge is 2.25. The zero-order valence-corrected chi connectivity index (χ0v) is 18.4. The minimum absolute atomic E-state index is 0.315. The van der Waals surface area contributed by atoms with Crippen molar-refractivity contribution in [3.05, 3.63) is 93.9 Å². The lowest BCUT2D eigenvalue weighted by Gasteiger charge is -2.16. The van der Waals surface area contributed by atoms with Crippen LogP contribution in [-0.2, 0) is 0 Å². The maximum absolute atomic E-state index is 13.6. The van der Waals surface area contributed by atoms with Crippen LogP contribution in [0.3, 0.4) is 0 Å². The van der Waals surface area contributed by atoms with E-state index in [9.17, 15) is 9.18 Å². The van der Waals surface area contributed by atoms with E-state index >= 15 is 0 Å². The second-order valence-corrected chi connectivity index (χ2v) is 8.33. The molecule has 0 radical (unpaired) electrons. The van der Waals surface area contributed by atoms with Crippen molar-refractivity contribution in [1.82, 2.24) is 24.1 Å². The number of aromatic nitrogens is 5. The molecular formula is C22H16FN5O2S2. The van der Waals surface area contributed by atoms with Crippen LogP contribution in [0.25, 0.3) is 22.0 Å². The van der Waals surface area contributed by atoms with Crippen LogP contribution in [0.5, 0.6) is 5.75 Å². The largest absolute Gasteiger partial charge is 0.495 e. The van der Waals surface area contributed by atoms with Crippen molar-refractivity contribution in [3.8, 4) is 22.1 Å². The first-order valence-electron chi connectivity index (χ1n) is 9.56. The number of nitrogens with zero attached hydrogens (tertiary/aromatic N) is 5. The predicted molar refractivity (Wildman–Crippen MR) is 123 cm³/mol. The second-order valence-electron chi connectivity index (χ2n) is 6.86. The molecule has 32 heavy (non-hydrogen) atoms. The second kappa shape index (κ2) is 8.21. The van der Waals surface area contributed by atoms with Gasteiger partial charge in [0.15, 0.2) is 11.6 Å². The molecule has 1 aromatic carbocycles. The molecule has 160 valence electrons. The van der Waals surface area contributed by atoms with Gasteiger partial charge in [0.2, 0.25) is 0 Å². The molecule has 0 aliphatic carbocycles. The van der Waals surface area contributed by atoms with Gasteiger partial charge in [0, 0.05) is 12.3 Å². The fourth-order valence-corrected chi connectivity index (χ4v) is 4.46. The number of thiophene rings is 1. The van der Waals surface area contributed by atoms with Crippen LogP contribution in [0.15, 0.2) is 71.0 Å². The van der Waals surface area contributed by atoms with Gasteiger partial charge in [-0.05, 0) is 35.7 Å². The average Bonchev–Trinajstić information content (AvgIpc) is 3.48. The molecule has 0 N–H and O–H groups in total. The summed E-state index contributed by atoms with van der Waals surface area (Å²) in [6, 6.07) is 15.4. The number of rotatable bonds is 5. The molecule has 0 bridgehead atoms. The van der Waals surface area contributed by atoms with Gasteiger partial charge in [-0.2, -0.15) is 12.6 Å². The van der Waals surface area contributed by atoms with Gasteiger partial charge < -0.3 is 4.74 Å². The van der Waals surface area contributed by atoms with Crippen molar-refractivity contribution in [1.29, 1.82) is 0 Å². The molecule has 5 rings (SSSR count). The average molecular weight is 466 g/mol. The van der Waals surface area contributed by atoms with Gasteiger partial charge in [-0.25, -0.2) is 9.37 Å². The first-order chi connectivity index (χ1) is 15.6. The highest BCUT2D eigenvalue weighted by atomic mass is 32.1. The van der Waals surface area contributed by atoms with Crippen LogP contribution in [0.4, 0.5) is 4.39 Å². The quantitative estimate of drug-likeness (QED) is 0.395. The van der Waals surface area contributed by atoms with E-state index in [1.807, 2.05) is 46.3 Å². The zero-order valence-electron chi connectivity index (χ0n) is 16.7. The molecule has 0 fully saturated rings. The van der Waals surface area contributed by atoms with E-state index in [2.05, 4.69) is 15.2 Å². The van der Waals surface area contributed by atoms with Gasteiger partial charge in [0.25, 0.3) is 5.56 Å². The van der Waals surface area contributed by atoms with Gasteiger partial charge in [-0.1, -0.05) is 18.2 Å². The Balaban J connectivity index is 1.71. The number of hydrogen-bond donors (Lipinski definition) is 1. The normalized spacial score (nSPS) is 12.2. The minimum Gasteiger partial charge on any atom is -0.495 e. The maximum atomic E-state index is 13.6. The first kappa shape index (κ1) is 20.4. The van der Waals surface area contributed by atoms with Crippen LogP contribution in [-0.4, -0.2) is 31.3 Å². The molecule has 0 amide bonds. The Morgan fingerprint density at radius 2 is 1.97 bits per heavy atom. The Morgan fingerprint density at radius 3 is 2.75 bits per heavy atom. The van der Waals surface area contributed by atoms with E-state index in [1.165, 1.54) is 29.5 Å². The summed E-state index contributed by atoms with van der Waals surface area (Å²) in [5.74, 6) is 1.21. The number of para-hydroxylation sites is 2. The Morgan fingerprint density at radius 1 is 1.12 bits per heavy atom. The fraction of sp³-hybridized carbons (Fsp3) is 0.0909. The molecule has 10 heteroatoms. The van der Waals surface area contributed by atoms with Crippen LogP contribution < -0.4 is 10.3 Å². The van der Waals surface area contributed by atoms with Crippen LogP contribution >= 0.6 is 24.0 Å². The third-order valence-electron chi connectivity index (χ3n) is 4.92. The molecule has 4 aromatic heterocycles. The van der Waals surface area contributed by atoms with Crippen molar-refractivity contribution < 1.29 is 9.13 Å². The summed E-state index contributed by atoms with van der Waals surface area (Å²) in [5, 5.41) is 10.1. The highest BCUT2D eigenvalue weighted by Crippen LogP contribution is 2.35. The Bertz CT molecular complexity index is 1480. The molecule has 0 aliphatic heterocycles. The number of halogens is 1. The molecule has 5 aromatic rings. The van der Waals surface area contributed by atoms with Gasteiger partial charge in [-0.3, -0.25) is 13.8 Å². The standard InChI is InChI=1S/C22H16FN5O2S2/c1-30-16-6-3-2-5-15(16)28-21(17-7-4-10-32-17)25-26-22(28)20(31)14-11-19(29)27-12-13(23)8-9-18(27)24-14/h2-12,20,31H,1H3. The van der Waals surface area contributed by atoms with E-state index in [0.717, 1.165) is 21.2 Å². The van der Waals surface area contributed by atoms with Crippen molar-refractivity contribution in [2.24, 2.45) is 0 Å². The molecule has 0 aliphatic rings. The summed E-state index contributed by atoms with van der Waals surface area (Å²) in [5.41, 5.74) is 1.02. The van der Waals surface area contributed by atoms with E-state index in [4.69, 9.17) is 17.4 Å². The monoisotopic (exact) mass is 465 g/mol. The summed E-state index contributed by atoms with van der Waals surface area (Å²) < 4.78 is 22.1. The van der Waals surface area contributed by atoms with Crippen molar-refractivity contribution in [2.45, 2.75) is 5.25 Å². The van der Waals surface area contributed by atoms with Crippen LogP contribution in [0, 0.1) is 5.82 Å². The number of ether oxygens (including phenoxy) is 1. The lowest BCUT2D eigenvalue weighted by molar-refractivity contribution is 0.412. The Labute approximate surface area is 191 Å². The SMILES string of the molecule is COc1ccccc1-n1c(-c2cccs2)nnc1C(S)c1cc(=O)n2cc(F)ccc2n1. The molecule has 0 saturated heterocycles. The van der Waals surface area contributed by atoms with Gasteiger partial charge in [0.05, 0.1) is 23.4 Å². The van der Waals surface area contributed by atoms with E-state index in [-0.39, 0.29) is 0 Å². The number of fused-ring (bicyclic) bond motifs is 1. The van der Waals surface area contributed by atoms with Crippen molar-refractivity contribution in [3.63, 3.8) is 0 Å². The first-order valence-corrected chi connectivity index (χ1v) is 11.0. The Hall–Kier alpha value is -3.50. The number of hydrogen-bond acceptors (Lipinski definition) is 7. The molecule has 1 atom stereocenters. The molecule has 0 spiro atoms. The van der Waals surface area contributed by atoms with Crippen LogP contribution in [0.1, 0.15) is 16.8 Å². The molecular weight excluding hydrogens is 449 g/mol. The topological polar surface area (TPSA) is 74.3 Å². The molecule has 4 heterocycles. The number of benzene rings is 1. The van der Waals surface area contributed by atoms with Gasteiger partial charge in [0.1, 0.15) is 22.5 Å². The Kier molecular flexibility index (Phi) is 5.24. The number of pyridine rings is 1. The minimum atomic E-state index is -0.677. The number of methoxy groups -OCH3 is 1. The summed E-state index contributed by atoms with van der Waals surface area (Å²) in [6.07, 6.45) is 1.11. The lowest BCUT2D eigenvalue weighted by atomic mass is 10.2. The van der Waals surface area contributed by atoms with E-state index < -0.39 is 16.6 Å². The summed E-state index contributed by atoms with van der Waals surface area (Å²) >= 11 is 6.28.